The quantitative estimate of drug-likeness (QED) is 0.806. The van der Waals surface area contributed by atoms with E-state index in [1.165, 1.54) is 64.6 Å². The lowest BCUT2D eigenvalue weighted by Gasteiger charge is -2.47. The minimum Gasteiger partial charge on any atom is -0.311 e. The van der Waals surface area contributed by atoms with Gasteiger partial charge < -0.3 is 10.2 Å². The molecule has 124 valence electrons. The summed E-state index contributed by atoms with van der Waals surface area (Å²) >= 11 is 0. The monoisotopic (exact) mass is 294 g/mol. The van der Waals surface area contributed by atoms with E-state index >= 15 is 0 Å². The summed E-state index contributed by atoms with van der Waals surface area (Å²) in [5.74, 6) is 0. The van der Waals surface area contributed by atoms with Gasteiger partial charge >= 0.3 is 0 Å². The van der Waals surface area contributed by atoms with E-state index in [1.54, 1.807) is 0 Å². The van der Waals surface area contributed by atoms with E-state index in [-0.39, 0.29) is 0 Å². The van der Waals surface area contributed by atoms with Gasteiger partial charge in [-0.15, -0.1) is 0 Å². The fraction of sp³-hybridized carbons (Fsp3) is 1.00. The number of unbranched alkanes of at least 4 members (excludes halogenated alkanes) is 1. The molecule has 0 atom stereocenters. The van der Waals surface area contributed by atoms with Crippen LogP contribution in [0.4, 0.5) is 0 Å². The van der Waals surface area contributed by atoms with Crippen molar-refractivity contribution < 1.29 is 0 Å². The molecule has 2 heteroatoms. The predicted octanol–water partition coefficient (Wildman–Crippen LogP) is 4.45. The Morgan fingerprint density at radius 2 is 1.52 bits per heavy atom. The molecule has 21 heavy (non-hydrogen) atoms. The smallest absolute Gasteiger partial charge is 0.00940 e. The van der Waals surface area contributed by atoms with Crippen molar-refractivity contribution in [2.75, 3.05) is 19.6 Å². The second-order valence-electron chi connectivity index (χ2n) is 9.25. The molecule has 0 aromatic carbocycles. The SMILES string of the molecule is CCCCN1CCC(NC2CC(C)(C)CC(C)(C)C2)CC1. The van der Waals surface area contributed by atoms with Gasteiger partial charge in [0.2, 0.25) is 0 Å². The molecule has 2 aliphatic rings. The Morgan fingerprint density at radius 1 is 0.952 bits per heavy atom. The minimum absolute atomic E-state index is 0.501. The molecule has 0 spiro atoms. The summed E-state index contributed by atoms with van der Waals surface area (Å²) in [6.07, 6.45) is 9.46. The maximum Gasteiger partial charge on any atom is 0.00940 e. The Balaban J connectivity index is 1.78. The zero-order chi connectivity index (χ0) is 15.5. The summed E-state index contributed by atoms with van der Waals surface area (Å²) in [6.45, 7) is 16.0. The topological polar surface area (TPSA) is 15.3 Å². The Kier molecular flexibility index (Phi) is 5.76. The molecule has 1 saturated carbocycles. The second-order valence-corrected chi connectivity index (χ2v) is 9.25. The summed E-state index contributed by atoms with van der Waals surface area (Å²) in [5, 5.41) is 4.02. The zero-order valence-electron chi connectivity index (χ0n) is 15.2. The van der Waals surface area contributed by atoms with Gasteiger partial charge in [0.15, 0.2) is 0 Å². The molecule has 0 amide bonds. The fourth-order valence-electron chi connectivity index (χ4n) is 5.00. The molecular formula is C19H38N2. The summed E-state index contributed by atoms with van der Waals surface area (Å²) < 4.78 is 0. The summed E-state index contributed by atoms with van der Waals surface area (Å²) in [5.41, 5.74) is 1.00. The number of nitrogens with zero attached hydrogens (tertiary/aromatic N) is 1. The second kappa shape index (κ2) is 7.00. The summed E-state index contributed by atoms with van der Waals surface area (Å²) in [7, 11) is 0. The van der Waals surface area contributed by atoms with Crippen molar-refractivity contribution in [3.05, 3.63) is 0 Å². The summed E-state index contributed by atoms with van der Waals surface area (Å²) in [6, 6.07) is 1.49. The number of nitrogens with one attached hydrogen (secondary N) is 1. The number of piperidine rings is 1. The molecule has 0 radical (unpaired) electrons. The molecule has 1 N–H and O–H groups in total. The first kappa shape index (κ1) is 17.3. The molecule has 1 saturated heterocycles. The lowest BCUT2D eigenvalue weighted by molar-refractivity contribution is 0.0735. The lowest BCUT2D eigenvalue weighted by Crippen LogP contribution is -2.50. The van der Waals surface area contributed by atoms with Crippen LogP contribution in [-0.4, -0.2) is 36.6 Å². The normalized spacial score (nSPS) is 27.9. The van der Waals surface area contributed by atoms with Crippen LogP contribution in [0.25, 0.3) is 0 Å². The molecule has 1 heterocycles. The van der Waals surface area contributed by atoms with Crippen molar-refractivity contribution in [2.24, 2.45) is 10.8 Å². The van der Waals surface area contributed by atoms with Crippen LogP contribution in [0.3, 0.4) is 0 Å². The van der Waals surface area contributed by atoms with Gasteiger partial charge in [0.05, 0.1) is 0 Å². The van der Waals surface area contributed by atoms with Crippen LogP contribution in [0.15, 0.2) is 0 Å². The molecule has 0 bridgehead atoms. The van der Waals surface area contributed by atoms with Crippen LogP contribution >= 0.6 is 0 Å². The maximum atomic E-state index is 4.02. The van der Waals surface area contributed by atoms with Crippen molar-refractivity contribution in [3.63, 3.8) is 0 Å². The first-order valence-corrected chi connectivity index (χ1v) is 9.28. The molecule has 0 aromatic heterocycles. The molecule has 0 aromatic rings. The fourth-order valence-corrected chi connectivity index (χ4v) is 5.00. The Bertz CT molecular complexity index is 298. The minimum atomic E-state index is 0.501. The van der Waals surface area contributed by atoms with E-state index in [4.69, 9.17) is 0 Å². The van der Waals surface area contributed by atoms with Gasteiger partial charge in [0.1, 0.15) is 0 Å². The van der Waals surface area contributed by atoms with Crippen molar-refractivity contribution in [3.8, 4) is 0 Å². The van der Waals surface area contributed by atoms with Crippen LogP contribution in [0.1, 0.15) is 79.6 Å². The van der Waals surface area contributed by atoms with Gasteiger partial charge in [0, 0.05) is 12.1 Å². The Hall–Kier alpha value is -0.0800. The highest BCUT2D eigenvalue weighted by molar-refractivity contribution is 4.94. The van der Waals surface area contributed by atoms with E-state index in [0.717, 1.165) is 12.1 Å². The van der Waals surface area contributed by atoms with Gasteiger partial charge in [-0.1, -0.05) is 41.0 Å². The maximum absolute atomic E-state index is 4.02. The first-order chi connectivity index (χ1) is 9.80. The van der Waals surface area contributed by atoms with Crippen LogP contribution in [-0.2, 0) is 0 Å². The zero-order valence-corrected chi connectivity index (χ0v) is 15.2. The molecular weight excluding hydrogens is 256 g/mol. The van der Waals surface area contributed by atoms with Crippen LogP contribution in [0.2, 0.25) is 0 Å². The summed E-state index contributed by atoms with van der Waals surface area (Å²) in [4.78, 5) is 2.66. The first-order valence-electron chi connectivity index (χ1n) is 9.28. The average Bonchev–Trinajstić information content (AvgIpc) is 2.34. The third-order valence-corrected chi connectivity index (χ3v) is 5.44. The van der Waals surface area contributed by atoms with Crippen LogP contribution < -0.4 is 5.32 Å². The number of rotatable bonds is 5. The van der Waals surface area contributed by atoms with Gasteiger partial charge in [-0.3, -0.25) is 0 Å². The average molecular weight is 295 g/mol. The van der Waals surface area contributed by atoms with Crippen molar-refractivity contribution in [2.45, 2.75) is 91.6 Å². The van der Waals surface area contributed by atoms with Gasteiger partial charge in [0.25, 0.3) is 0 Å². The van der Waals surface area contributed by atoms with E-state index in [1.807, 2.05) is 0 Å². The van der Waals surface area contributed by atoms with E-state index in [9.17, 15) is 0 Å². The predicted molar refractivity (Wildman–Crippen MR) is 92.7 cm³/mol. The van der Waals surface area contributed by atoms with E-state index in [0.29, 0.717) is 10.8 Å². The molecule has 2 nitrogen and oxygen atoms in total. The van der Waals surface area contributed by atoms with E-state index < -0.39 is 0 Å². The van der Waals surface area contributed by atoms with Gasteiger partial charge in [-0.25, -0.2) is 0 Å². The largest absolute Gasteiger partial charge is 0.311 e. The number of hydrogen-bond donors (Lipinski definition) is 1. The highest BCUT2D eigenvalue weighted by Crippen LogP contribution is 2.45. The van der Waals surface area contributed by atoms with E-state index in [2.05, 4.69) is 44.8 Å². The van der Waals surface area contributed by atoms with Crippen molar-refractivity contribution in [1.29, 1.82) is 0 Å². The Morgan fingerprint density at radius 3 is 2.05 bits per heavy atom. The van der Waals surface area contributed by atoms with Crippen LogP contribution in [0, 0.1) is 10.8 Å². The molecule has 2 rings (SSSR count). The highest BCUT2D eigenvalue weighted by Gasteiger charge is 2.39. The van der Waals surface area contributed by atoms with Crippen molar-refractivity contribution >= 4 is 0 Å². The van der Waals surface area contributed by atoms with Crippen molar-refractivity contribution in [1.82, 2.24) is 10.2 Å². The molecule has 0 unspecified atom stereocenters. The van der Waals surface area contributed by atoms with Gasteiger partial charge in [-0.05, 0) is 69.0 Å². The molecule has 2 fully saturated rings. The highest BCUT2D eigenvalue weighted by atomic mass is 15.1. The van der Waals surface area contributed by atoms with Crippen LogP contribution in [0.5, 0.6) is 0 Å². The molecule has 1 aliphatic heterocycles. The van der Waals surface area contributed by atoms with Gasteiger partial charge in [-0.2, -0.15) is 0 Å². The lowest BCUT2D eigenvalue weighted by atomic mass is 9.63. The third kappa shape index (κ3) is 5.56. The third-order valence-electron chi connectivity index (χ3n) is 5.44. The standard InChI is InChI=1S/C19H38N2/c1-6-7-10-21-11-8-16(9-12-21)20-17-13-18(2,3)15-19(4,5)14-17/h16-17,20H,6-15H2,1-5H3. The molecule has 1 aliphatic carbocycles. The number of hydrogen-bond acceptors (Lipinski definition) is 2. The number of likely N-dealkylation sites (tertiary alicyclic amines) is 1. The Labute approximate surface area is 133 Å².